The van der Waals surface area contributed by atoms with Gasteiger partial charge in [0.2, 0.25) is 0 Å². The number of rotatable bonds is 5. The van der Waals surface area contributed by atoms with E-state index in [4.69, 9.17) is 5.73 Å². The Labute approximate surface area is 142 Å². The molecule has 0 heterocycles. The van der Waals surface area contributed by atoms with Gasteiger partial charge in [-0.25, -0.2) is 0 Å². The molecule has 2 atom stereocenters. The summed E-state index contributed by atoms with van der Waals surface area (Å²) in [6.07, 6.45) is 4.73. The largest absolute Gasteiger partial charge is 0.349 e. The van der Waals surface area contributed by atoms with E-state index in [-0.39, 0.29) is 30.0 Å². The second-order valence-corrected chi connectivity index (χ2v) is 5.81. The van der Waals surface area contributed by atoms with Crippen LogP contribution in [0.3, 0.4) is 0 Å². The van der Waals surface area contributed by atoms with Crippen molar-refractivity contribution in [2.45, 2.75) is 45.1 Å². The molecule has 1 saturated carbocycles. The van der Waals surface area contributed by atoms with Gasteiger partial charge in [0, 0.05) is 23.2 Å². The highest BCUT2D eigenvalue weighted by atomic mass is 35.5. The van der Waals surface area contributed by atoms with Crippen LogP contribution in [0.2, 0.25) is 0 Å². The maximum absolute atomic E-state index is 12.4. The van der Waals surface area contributed by atoms with Gasteiger partial charge >= 0.3 is 0 Å². The Hall–Kier alpha value is -1.66. The van der Waals surface area contributed by atoms with Gasteiger partial charge in [0.25, 0.3) is 11.6 Å². The lowest BCUT2D eigenvalue weighted by molar-refractivity contribution is -0.385. The molecule has 7 heteroatoms. The number of nitrogens with two attached hydrogens (primary N) is 1. The minimum atomic E-state index is -0.432. The van der Waals surface area contributed by atoms with E-state index in [0.29, 0.717) is 30.0 Å². The molecule has 0 saturated heterocycles. The van der Waals surface area contributed by atoms with Crippen LogP contribution < -0.4 is 11.1 Å². The van der Waals surface area contributed by atoms with Gasteiger partial charge in [-0.3, -0.25) is 14.9 Å². The third kappa shape index (κ3) is 4.65. The molecule has 0 bridgehead atoms. The zero-order valence-corrected chi connectivity index (χ0v) is 14.1. The van der Waals surface area contributed by atoms with E-state index in [2.05, 4.69) is 5.32 Å². The molecule has 2 rings (SSSR count). The van der Waals surface area contributed by atoms with Gasteiger partial charge in [0.15, 0.2) is 0 Å². The molecule has 1 amide bonds. The van der Waals surface area contributed by atoms with Crippen LogP contribution in [0, 0.1) is 16.0 Å². The van der Waals surface area contributed by atoms with Crippen molar-refractivity contribution in [2.75, 3.05) is 6.54 Å². The Morgan fingerprint density at radius 3 is 2.70 bits per heavy atom. The van der Waals surface area contributed by atoms with Gasteiger partial charge in [0.1, 0.15) is 0 Å². The van der Waals surface area contributed by atoms with Crippen LogP contribution in [-0.4, -0.2) is 23.4 Å². The molecule has 6 nitrogen and oxygen atoms in total. The van der Waals surface area contributed by atoms with Crippen LogP contribution in [0.15, 0.2) is 18.2 Å². The molecule has 1 aromatic carbocycles. The molecule has 128 valence electrons. The summed E-state index contributed by atoms with van der Waals surface area (Å²) in [6.45, 7) is 2.41. The van der Waals surface area contributed by atoms with E-state index < -0.39 is 4.92 Å². The van der Waals surface area contributed by atoms with Crippen LogP contribution in [0.5, 0.6) is 0 Å². The Morgan fingerprint density at radius 2 is 2.09 bits per heavy atom. The van der Waals surface area contributed by atoms with Gasteiger partial charge < -0.3 is 11.1 Å². The Morgan fingerprint density at radius 1 is 1.39 bits per heavy atom. The van der Waals surface area contributed by atoms with Crippen molar-refractivity contribution in [3.63, 3.8) is 0 Å². The molecule has 1 fully saturated rings. The number of hydrogen-bond donors (Lipinski definition) is 2. The molecule has 1 aliphatic carbocycles. The molecule has 0 aromatic heterocycles. The van der Waals surface area contributed by atoms with E-state index in [0.717, 1.165) is 25.7 Å². The molecule has 1 aromatic rings. The smallest absolute Gasteiger partial charge is 0.273 e. The lowest BCUT2D eigenvalue weighted by atomic mass is 9.84. The summed E-state index contributed by atoms with van der Waals surface area (Å²) < 4.78 is 0. The van der Waals surface area contributed by atoms with E-state index in [9.17, 15) is 14.9 Å². The zero-order chi connectivity index (χ0) is 16.1. The number of hydrogen-bond acceptors (Lipinski definition) is 4. The lowest BCUT2D eigenvalue weighted by Crippen LogP contribution is -2.44. The van der Waals surface area contributed by atoms with E-state index in [1.54, 1.807) is 12.1 Å². The second-order valence-electron chi connectivity index (χ2n) is 5.81. The second kappa shape index (κ2) is 8.84. The average molecular weight is 342 g/mol. The minimum Gasteiger partial charge on any atom is -0.349 e. The normalized spacial score (nSPS) is 20.4. The number of aryl methyl sites for hydroxylation is 1. The zero-order valence-electron chi connectivity index (χ0n) is 13.3. The van der Waals surface area contributed by atoms with Gasteiger partial charge in [-0.15, -0.1) is 12.4 Å². The summed E-state index contributed by atoms with van der Waals surface area (Å²) in [5, 5.41) is 14.1. The molecule has 3 N–H and O–H groups in total. The van der Waals surface area contributed by atoms with E-state index >= 15 is 0 Å². The van der Waals surface area contributed by atoms with Crippen molar-refractivity contribution in [1.29, 1.82) is 0 Å². The number of carbonyl (C=O) groups excluding carboxylic acids is 1. The highest BCUT2D eigenvalue weighted by molar-refractivity contribution is 5.95. The third-order valence-electron chi connectivity index (χ3n) is 4.45. The third-order valence-corrected chi connectivity index (χ3v) is 4.45. The predicted molar refractivity (Wildman–Crippen MR) is 92.0 cm³/mol. The maximum atomic E-state index is 12.4. The highest BCUT2D eigenvalue weighted by Gasteiger charge is 2.26. The first kappa shape index (κ1) is 19.4. The number of amides is 1. The number of nitrogens with one attached hydrogen (secondary N) is 1. The van der Waals surface area contributed by atoms with E-state index in [1.807, 2.05) is 6.92 Å². The SMILES string of the molecule is CCc1ccc(C(=O)NC2CCCCC2CN)cc1[N+](=O)[O-].Cl. The molecular weight excluding hydrogens is 318 g/mol. The van der Waals surface area contributed by atoms with Gasteiger partial charge in [-0.05, 0) is 37.8 Å². The molecule has 0 aliphatic heterocycles. The molecule has 0 radical (unpaired) electrons. The van der Waals surface area contributed by atoms with Crippen molar-refractivity contribution >= 4 is 24.0 Å². The number of benzene rings is 1. The van der Waals surface area contributed by atoms with Gasteiger partial charge in [-0.2, -0.15) is 0 Å². The van der Waals surface area contributed by atoms with Crippen LogP contribution in [0.25, 0.3) is 0 Å². The fourth-order valence-electron chi connectivity index (χ4n) is 3.11. The molecule has 2 unspecified atom stereocenters. The summed E-state index contributed by atoms with van der Waals surface area (Å²) in [7, 11) is 0. The fourth-order valence-corrected chi connectivity index (χ4v) is 3.11. The first-order valence-electron chi connectivity index (χ1n) is 7.85. The number of nitro groups is 1. The van der Waals surface area contributed by atoms with Crippen molar-refractivity contribution in [3.8, 4) is 0 Å². The predicted octanol–water partition coefficient (Wildman–Crippen LogP) is 2.83. The van der Waals surface area contributed by atoms with Gasteiger partial charge in [-0.1, -0.05) is 25.8 Å². The molecule has 0 spiro atoms. The Kier molecular flexibility index (Phi) is 7.45. The molecule has 1 aliphatic rings. The number of nitrogens with zero attached hydrogens (tertiary/aromatic N) is 1. The topological polar surface area (TPSA) is 98.3 Å². The lowest BCUT2D eigenvalue weighted by Gasteiger charge is -2.31. The van der Waals surface area contributed by atoms with Crippen molar-refractivity contribution in [1.82, 2.24) is 5.32 Å². The van der Waals surface area contributed by atoms with Crippen molar-refractivity contribution in [3.05, 3.63) is 39.4 Å². The average Bonchev–Trinajstić information content (AvgIpc) is 2.54. The first-order valence-corrected chi connectivity index (χ1v) is 7.85. The van der Waals surface area contributed by atoms with Crippen molar-refractivity contribution in [2.24, 2.45) is 11.7 Å². The van der Waals surface area contributed by atoms with Crippen LogP contribution >= 0.6 is 12.4 Å². The van der Waals surface area contributed by atoms with Crippen LogP contribution in [0.1, 0.15) is 48.5 Å². The Bertz CT molecular complexity index is 566. The maximum Gasteiger partial charge on any atom is 0.273 e. The number of halogens is 1. The standard InChI is InChI=1S/C16H23N3O3.ClH/c1-2-11-7-8-12(9-15(11)19(21)22)16(20)18-14-6-4-3-5-13(14)10-17;/h7-9,13-14H,2-6,10,17H2,1H3,(H,18,20);1H. The monoisotopic (exact) mass is 341 g/mol. The summed E-state index contributed by atoms with van der Waals surface area (Å²) >= 11 is 0. The molecular formula is C16H24ClN3O3. The van der Waals surface area contributed by atoms with E-state index in [1.165, 1.54) is 6.07 Å². The number of carbonyl (C=O) groups is 1. The highest BCUT2D eigenvalue weighted by Crippen LogP contribution is 2.25. The summed E-state index contributed by atoms with van der Waals surface area (Å²) in [4.78, 5) is 23.0. The summed E-state index contributed by atoms with van der Waals surface area (Å²) in [5.74, 6) is 0.0405. The fraction of sp³-hybridized carbons (Fsp3) is 0.562. The number of nitro benzene ring substituents is 1. The quantitative estimate of drug-likeness (QED) is 0.635. The van der Waals surface area contributed by atoms with Gasteiger partial charge in [0.05, 0.1) is 4.92 Å². The molecule has 23 heavy (non-hydrogen) atoms. The van der Waals surface area contributed by atoms with Crippen LogP contribution in [0.4, 0.5) is 5.69 Å². The van der Waals surface area contributed by atoms with Crippen LogP contribution in [-0.2, 0) is 6.42 Å². The Balaban J connectivity index is 0.00000264. The first-order chi connectivity index (χ1) is 10.6. The minimum absolute atomic E-state index is 0. The summed E-state index contributed by atoms with van der Waals surface area (Å²) in [5.41, 5.74) is 6.75. The summed E-state index contributed by atoms with van der Waals surface area (Å²) in [6, 6.07) is 4.75. The van der Waals surface area contributed by atoms with Crippen molar-refractivity contribution < 1.29 is 9.72 Å².